The normalized spacial score (nSPS) is 10.2. The van der Waals surface area contributed by atoms with E-state index in [2.05, 4.69) is 11.7 Å². The molecule has 3 heteroatoms. The molecule has 0 atom stereocenters. The van der Waals surface area contributed by atoms with Crippen molar-refractivity contribution in [3.05, 3.63) is 6.92 Å². The van der Waals surface area contributed by atoms with Crippen LogP contribution in [-0.2, 0) is 9.53 Å². The van der Waals surface area contributed by atoms with Gasteiger partial charge in [-0.15, -0.1) is 0 Å². The van der Waals surface area contributed by atoms with Crippen LogP contribution in [0.3, 0.4) is 0 Å². The molecule has 1 radical (unpaired) electrons. The van der Waals surface area contributed by atoms with Crippen LogP contribution in [0, 0.1) is 6.92 Å². The van der Waals surface area contributed by atoms with Crippen LogP contribution in [-0.4, -0.2) is 37.1 Å². The van der Waals surface area contributed by atoms with Crippen molar-refractivity contribution in [2.45, 2.75) is 13.8 Å². The molecule has 0 amide bonds. The Morgan fingerprint density at radius 2 is 2.00 bits per heavy atom. The van der Waals surface area contributed by atoms with Crippen molar-refractivity contribution in [3.63, 3.8) is 0 Å². The van der Waals surface area contributed by atoms with Gasteiger partial charge in [0.25, 0.3) is 0 Å². The summed E-state index contributed by atoms with van der Waals surface area (Å²) in [5.74, 6) is -0.191. The minimum absolute atomic E-state index is 0.191. The summed E-state index contributed by atoms with van der Waals surface area (Å²) in [4.78, 5) is 12.9. The summed E-state index contributed by atoms with van der Waals surface area (Å²) >= 11 is 0. The van der Waals surface area contributed by atoms with Crippen molar-refractivity contribution in [3.8, 4) is 0 Å². The highest BCUT2D eigenvalue weighted by molar-refractivity contribution is 5.71. The Morgan fingerprint density at radius 1 is 1.45 bits per heavy atom. The molecule has 0 unspecified atom stereocenters. The predicted molar refractivity (Wildman–Crippen MR) is 44.1 cm³/mol. The van der Waals surface area contributed by atoms with E-state index in [1.54, 1.807) is 0 Å². The fourth-order valence-electron chi connectivity index (χ4n) is 0.789. The lowest BCUT2D eigenvalue weighted by atomic mass is 10.5. The van der Waals surface area contributed by atoms with Crippen molar-refractivity contribution in [2.24, 2.45) is 0 Å². The first-order valence-electron chi connectivity index (χ1n) is 3.91. The van der Waals surface area contributed by atoms with Gasteiger partial charge in [-0.1, -0.05) is 13.8 Å². The summed E-state index contributed by atoms with van der Waals surface area (Å²) in [6.07, 6.45) is 0. The molecule has 0 spiro atoms. The van der Waals surface area contributed by atoms with Gasteiger partial charge in [0.2, 0.25) is 0 Å². The lowest BCUT2D eigenvalue weighted by Crippen LogP contribution is -2.30. The summed E-state index contributed by atoms with van der Waals surface area (Å²) in [6, 6.07) is 0. The highest BCUT2D eigenvalue weighted by Crippen LogP contribution is 1.88. The molecule has 0 aliphatic heterocycles. The standard InChI is InChI=1S/C8H16NO2/c1-4-9(5-2)7-8(10)11-6-3/h3-7H2,1-2H3. The molecule has 65 valence electrons. The molecule has 0 aromatic rings. The summed E-state index contributed by atoms with van der Waals surface area (Å²) < 4.78 is 4.68. The van der Waals surface area contributed by atoms with Gasteiger partial charge in [0, 0.05) is 0 Å². The van der Waals surface area contributed by atoms with Crippen molar-refractivity contribution in [2.75, 3.05) is 26.2 Å². The number of ether oxygens (including phenoxy) is 1. The Kier molecular flexibility index (Phi) is 5.84. The zero-order chi connectivity index (χ0) is 8.69. The van der Waals surface area contributed by atoms with Gasteiger partial charge >= 0.3 is 5.97 Å². The third kappa shape index (κ3) is 4.79. The largest absolute Gasteiger partial charge is 0.465 e. The smallest absolute Gasteiger partial charge is 0.320 e. The molecule has 0 aromatic carbocycles. The highest BCUT2D eigenvalue weighted by Gasteiger charge is 2.06. The molecule has 0 saturated carbocycles. The molecule has 0 fully saturated rings. The molecule has 0 heterocycles. The van der Waals surface area contributed by atoms with E-state index in [0.29, 0.717) is 6.54 Å². The zero-order valence-corrected chi connectivity index (χ0v) is 7.30. The van der Waals surface area contributed by atoms with Gasteiger partial charge in [0.1, 0.15) is 0 Å². The third-order valence-electron chi connectivity index (χ3n) is 1.51. The minimum atomic E-state index is -0.191. The number of nitrogens with zero attached hydrogens (tertiary/aromatic N) is 1. The lowest BCUT2D eigenvalue weighted by molar-refractivity contribution is -0.143. The number of likely N-dealkylation sites (N-methyl/N-ethyl adjacent to an activating group) is 1. The molecule has 0 aliphatic rings. The number of carbonyl (C=O) groups is 1. The van der Waals surface area contributed by atoms with Crippen molar-refractivity contribution in [1.29, 1.82) is 0 Å². The fourth-order valence-corrected chi connectivity index (χ4v) is 0.789. The van der Waals surface area contributed by atoms with Crippen LogP contribution < -0.4 is 0 Å². The maximum atomic E-state index is 10.9. The highest BCUT2D eigenvalue weighted by atomic mass is 16.5. The van der Waals surface area contributed by atoms with Crippen LogP contribution in [0.4, 0.5) is 0 Å². The van der Waals surface area contributed by atoms with E-state index in [1.807, 2.05) is 18.7 Å². The fraction of sp³-hybridized carbons (Fsp3) is 0.750. The van der Waals surface area contributed by atoms with Crippen LogP contribution in [0.25, 0.3) is 0 Å². The summed E-state index contributed by atoms with van der Waals surface area (Å²) in [5.41, 5.74) is 0. The van der Waals surface area contributed by atoms with Gasteiger partial charge in [-0.2, -0.15) is 0 Å². The molecule has 0 saturated heterocycles. The van der Waals surface area contributed by atoms with E-state index >= 15 is 0 Å². The minimum Gasteiger partial charge on any atom is -0.465 e. The molecule has 0 aromatic heterocycles. The van der Waals surface area contributed by atoms with E-state index in [4.69, 9.17) is 0 Å². The molecule has 0 bridgehead atoms. The van der Waals surface area contributed by atoms with E-state index in [0.717, 1.165) is 13.1 Å². The van der Waals surface area contributed by atoms with Crippen LogP contribution in [0.5, 0.6) is 0 Å². The molecule has 11 heavy (non-hydrogen) atoms. The van der Waals surface area contributed by atoms with Crippen LogP contribution in [0.1, 0.15) is 13.8 Å². The van der Waals surface area contributed by atoms with Crippen LogP contribution in [0.15, 0.2) is 0 Å². The Balaban J connectivity index is 3.54. The van der Waals surface area contributed by atoms with E-state index in [9.17, 15) is 4.79 Å². The topological polar surface area (TPSA) is 29.5 Å². The predicted octanol–water partition coefficient (Wildman–Crippen LogP) is 0.705. The summed E-state index contributed by atoms with van der Waals surface area (Å²) in [7, 11) is 0. The summed E-state index contributed by atoms with van der Waals surface area (Å²) in [6.45, 7) is 9.81. The zero-order valence-electron chi connectivity index (χ0n) is 7.30. The molecular weight excluding hydrogens is 142 g/mol. The summed E-state index contributed by atoms with van der Waals surface area (Å²) in [5, 5.41) is 0. The van der Waals surface area contributed by atoms with Gasteiger partial charge in [0.15, 0.2) is 0 Å². The second kappa shape index (κ2) is 6.16. The van der Waals surface area contributed by atoms with Crippen molar-refractivity contribution >= 4 is 5.97 Å². The Bertz CT molecular complexity index is 111. The van der Waals surface area contributed by atoms with Crippen LogP contribution >= 0.6 is 0 Å². The Morgan fingerprint density at radius 3 is 2.36 bits per heavy atom. The van der Waals surface area contributed by atoms with Gasteiger partial charge in [0.05, 0.1) is 13.2 Å². The number of carbonyl (C=O) groups excluding carboxylic acids is 1. The first-order chi connectivity index (χ1) is 5.24. The van der Waals surface area contributed by atoms with E-state index in [-0.39, 0.29) is 12.6 Å². The first kappa shape index (κ1) is 10.4. The van der Waals surface area contributed by atoms with E-state index in [1.165, 1.54) is 0 Å². The first-order valence-corrected chi connectivity index (χ1v) is 3.91. The molecular formula is C8H16NO2. The SMILES string of the molecule is [CH2]COC(=O)CN(CC)CC. The maximum Gasteiger partial charge on any atom is 0.320 e. The molecule has 3 nitrogen and oxygen atoms in total. The number of hydrogen-bond donors (Lipinski definition) is 0. The average molecular weight is 158 g/mol. The molecule has 0 rings (SSSR count). The Hall–Kier alpha value is -0.570. The Labute approximate surface area is 68.3 Å². The van der Waals surface area contributed by atoms with Crippen molar-refractivity contribution < 1.29 is 9.53 Å². The number of rotatable bonds is 5. The second-order valence-electron chi connectivity index (χ2n) is 2.18. The van der Waals surface area contributed by atoms with Crippen LogP contribution in [0.2, 0.25) is 0 Å². The quantitative estimate of drug-likeness (QED) is 0.552. The number of esters is 1. The van der Waals surface area contributed by atoms with Gasteiger partial charge < -0.3 is 4.74 Å². The second-order valence-corrected chi connectivity index (χ2v) is 2.18. The average Bonchev–Trinajstić information content (AvgIpc) is 2.01. The monoisotopic (exact) mass is 158 g/mol. The maximum absolute atomic E-state index is 10.9. The number of hydrogen-bond acceptors (Lipinski definition) is 3. The molecule has 0 N–H and O–H groups in total. The molecule has 0 aliphatic carbocycles. The van der Waals surface area contributed by atoms with Gasteiger partial charge in [-0.3, -0.25) is 9.69 Å². The lowest BCUT2D eigenvalue weighted by Gasteiger charge is -2.15. The van der Waals surface area contributed by atoms with E-state index < -0.39 is 0 Å². The van der Waals surface area contributed by atoms with Gasteiger partial charge in [-0.05, 0) is 20.0 Å². The van der Waals surface area contributed by atoms with Gasteiger partial charge in [-0.25, -0.2) is 0 Å². The van der Waals surface area contributed by atoms with Crippen molar-refractivity contribution in [1.82, 2.24) is 4.90 Å². The third-order valence-corrected chi connectivity index (χ3v) is 1.51.